The molecule has 0 heteroatoms. The van der Waals surface area contributed by atoms with Gasteiger partial charge in [-0.05, 0) is 115 Å². The topological polar surface area (TPSA) is 0 Å². The minimum absolute atomic E-state index is 0.842. The van der Waals surface area contributed by atoms with Crippen LogP contribution in [0.1, 0.15) is 43.0 Å². The Hall–Kier alpha value is -5.20. The predicted octanol–water partition coefficient (Wildman–Crippen LogP) is 10.9. The molecule has 0 atom stereocenters. The van der Waals surface area contributed by atoms with Gasteiger partial charge in [-0.3, -0.25) is 0 Å². The first kappa shape index (κ1) is 30.3. The van der Waals surface area contributed by atoms with Crippen LogP contribution in [-0.4, -0.2) is 0 Å². The molecule has 0 aromatic heterocycles. The predicted molar refractivity (Wildman–Crippen MR) is 198 cm³/mol. The molecule has 0 heterocycles. The number of benzene rings is 5. The maximum Gasteiger partial charge on any atom is -0.00204 e. The van der Waals surface area contributed by atoms with E-state index in [1.54, 1.807) is 0 Å². The van der Waals surface area contributed by atoms with E-state index in [1.165, 1.54) is 44.0 Å². The molecule has 0 fully saturated rings. The smallest absolute Gasteiger partial charge is 0.00204 e. The molecule has 0 bridgehead atoms. The van der Waals surface area contributed by atoms with Gasteiger partial charge in [0.2, 0.25) is 0 Å². The lowest BCUT2D eigenvalue weighted by atomic mass is 9.82. The molecule has 44 heavy (non-hydrogen) atoms. The first-order valence-corrected chi connectivity index (χ1v) is 15.1. The van der Waals surface area contributed by atoms with Crippen molar-refractivity contribution in [2.45, 2.75) is 27.2 Å². The molecule has 0 saturated carbocycles. The SMILES string of the molecule is C=Cc1c(C=C)c(-c2cccc3ccccc23)c2ccccc2c1C(=C)/C=c1/cc(C\C=C/C(C)=C(C)/C=C\C)ccc1=C. The van der Waals surface area contributed by atoms with Crippen molar-refractivity contribution in [3.8, 4) is 11.1 Å². The quantitative estimate of drug-likeness (QED) is 0.155. The average Bonchev–Trinajstić information content (AvgIpc) is 3.04. The Morgan fingerprint density at radius 2 is 1.39 bits per heavy atom. The van der Waals surface area contributed by atoms with Gasteiger partial charge in [-0.15, -0.1) is 0 Å². The summed E-state index contributed by atoms with van der Waals surface area (Å²) in [5.74, 6) is 0. The summed E-state index contributed by atoms with van der Waals surface area (Å²) in [6.07, 6.45) is 15.6. The summed E-state index contributed by atoms with van der Waals surface area (Å²) in [7, 11) is 0. The highest BCUT2D eigenvalue weighted by Crippen LogP contribution is 2.43. The second kappa shape index (κ2) is 13.4. The second-order valence-corrected chi connectivity index (χ2v) is 11.2. The highest BCUT2D eigenvalue weighted by atomic mass is 14.2. The zero-order valence-corrected chi connectivity index (χ0v) is 26.2. The van der Waals surface area contributed by atoms with E-state index in [4.69, 9.17) is 0 Å². The van der Waals surface area contributed by atoms with Gasteiger partial charge in [0.15, 0.2) is 0 Å². The van der Waals surface area contributed by atoms with Crippen LogP contribution in [-0.2, 0) is 6.42 Å². The van der Waals surface area contributed by atoms with Gasteiger partial charge >= 0.3 is 0 Å². The summed E-state index contributed by atoms with van der Waals surface area (Å²) < 4.78 is 0. The van der Waals surface area contributed by atoms with Crippen LogP contribution in [0.25, 0.3) is 63.1 Å². The minimum atomic E-state index is 0.842. The normalized spacial score (nSPS) is 12.8. The maximum atomic E-state index is 4.61. The molecule has 0 nitrogen and oxygen atoms in total. The van der Waals surface area contributed by atoms with E-state index in [9.17, 15) is 0 Å². The van der Waals surface area contributed by atoms with Crippen LogP contribution in [0, 0.1) is 0 Å². The minimum Gasteiger partial charge on any atom is -0.0984 e. The number of allylic oxidation sites excluding steroid dienone is 7. The zero-order chi connectivity index (χ0) is 31.2. The molecule has 5 aromatic rings. The molecular weight excluding hydrogens is 528 g/mol. The third-order valence-corrected chi connectivity index (χ3v) is 8.38. The fourth-order valence-electron chi connectivity index (χ4n) is 6.03. The van der Waals surface area contributed by atoms with E-state index in [0.717, 1.165) is 44.5 Å². The van der Waals surface area contributed by atoms with Crippen molar-refractivity contribution >= 4 is 51.9 Å². The molecule has 0 aliphatic carbocycles. The summed E-state index contributed by atoms with van der Waals surface area (Å²) in [6.45, 7) is 23.8. The van der Waals surface area contributed by atoms with Crippen molar-refractivity contribution in [1.29, 1.82) is 0 Å². The van der Waals surface area contributed by atoms with Crippen molar-refractivity contribution in [1.82, 2.24) is 0 Å². The molecule has 0 saturated heterocycles. The number of hydrogen-bond donors (Lipinski definition) is 0. The van der Waals surface area contributed by atoms with Gasteiger partial charge in [-0.25, -0.2) is 0 Å². The lowest BCUT2D eigenvalue weighted by molar-refractivity contribution is 1.24. The monoisotopic (exact) mass is 568 g/mol. The molecule has 5 aromatic carbocycles. The first-order chi connectivity index (χ1) is 21.4. The van der Waals surface area contributed by atoms with Crippen LogP contribution in [0.2, 0.25) is 0 Å². The van der Waals surface area contributed by atoms with E-state index >= 15 is 0 Å². The van der Waals surface area contributed by atoms with Gasteiger partial charge in [-0.2, -0.15) is 0 Å². The summed E-state index contributed by atoms with van der Waals surface area (Å²) in [5, 5.41) is 6.77. The van der Waals surface area contributed by atoms with E-state index in [2.05, 4.69) is 155 Å². The first-order valence-electron chi connectivity index (χ1n) is 15.1. The highest BCUT2D eigenvalue weighted by Gasteiger charge is 2.19. The van der Waals surface area contributed by atoms with Crippen molar-refractivity contribution in [2.24, 2.45) is 0 Å². The fraction of sp³-hybridized carbons (Fsp3) is 0.0909. The van der Waals surface area contributed by atoms with E-state index < -0.39 is 0 Å². The lowest BCUT2D eigenvalue weighted by Gasteiger charge is -2.21. The summed E-state index contributed by atoms with van der Waals surface area (Å²) in [4.78, 5) is 0. The van der Waals surface area contributed by atoms with Gasteiger partial charge in [0, 0.05) is 0 Å². The standard InChI is InChI=1S/C44H40/c1-8-17-30(4)31(5)18-15-19-34-27-26-32(6)36(29-34)28-33(7)43-37(9-2)38(10-3)44(42-24-14-13-23-41(42)43)40-25-16-21-35-20-11-12-22-39(35)40/h8-18,20-29H,2-3,6-7,19H2,1,4-5H3/b17-8-,18-15-,31-30+,36-28-. The van der Waals surface area contributed by atoms with Gasteiger partial charge in [0.1, 0.15) is 0 Å². The van der Waals surface area contributed by atoms with Crippen LogP contribution in [0.15, 0.2) is 140 Å². The maximum absolute atomic E-state index is 4.61. The number of fused-ring (bicyclic) bond motifs is 2. The largest absolute Gasteiger partial charge is 0.0984 e. The van der Waals surface area contributed by atoms with Crippen molar-refractivity contribution < 1.29 is 0 Å². The van der Waals surface area contributed by atoms with Gasteiger partial charge < -0.3 is 0 Å². The molecule has 0 unspecified atom stereocenters. The average molecular weight is 569 g/mol. The molecule has 0 aliphatic rings. The summed E-state index contributed by atoms with van der Waals surface area (Å²) in [5.41, 5.74) is 10.2. The Balaban J connectivity index is 1.67. The molecule has 0 aliphatic heterocycles. The Bertz CT molecular complexity index is 2120. The van der Waals surface area contributed by atoms with Crippen molar-refractivity contribution in [2.75, 3.05) is 0 Å². The van der Waals surface area contributed by atoms with Gasteiger partial charge in [-0.1, -0.05) is 148 Å². The Morgan fingerprint density at radius 1 is 0.727 bits per heavy atom. The van der Waals surface area contributed by atoms with Crippen molar-refractivity contribution in [3.05, 3.63) is 173 Å². The number of rotatable bonds is 9. The van der Waals surface area contributed by atoms with E-state index in [-0.39, 0.29) is 0 Å². The van der Waals surface area contributed by atoms with Crippen LogP contribution < -0.4 is 10.4 Å². The number of hydrogen-bond acceptors (Lipinski definition) is 0. The van der Waals surface area contributed by atoms with E-state index in [0.29, 0.717) is 0 Å². The van der Waals surface area contributed by atoms with E-state index in [1.807, 2.05) is 19.1 Å². The third kappa shape index (κ3) is 5.98. The third-order valence-electron chi connectivity index (χ3n) is 8.38. The Morgan fingerprint density at radius 3 is 2.11 bits per heavy atom. The Labute approximate surface area is 262 Å². The molecular formula is C44H40. The van der Waals surface area contributed by atoms with Crippen molar-refractivity contribution in [3.63, 3.8) is 0 Å². The summed E-state index contributed by atoms with van der Waals surface area (Å²) >= 11 is 0. The molecule has 0 spiro atoms. The molecule has 216 valence electrons. The highest BCUT2D eigenvalue weighted by molar-refractivity contribution is 6.15. The molecule has 0 N–H and O–H groups in total. The van der Waals surface area contributed by atoms with Gasteiger partial charge in [0.05, 0.1) is 0 Å². The zero-order valence-electron chi connectivity index (χ0n) is 26.2. The molecule has 0 radical (unpaired) electrons. The van der Waals surface area contributed by atoms with Crippen LogP contribution in [0.5, 0.6) is 0 Å². The molecule has 0 amide bonds. The van der Waals surface area contributed by atoms with Gasteiger partial charge in [0.25, 0.3) is 0 Å². The van der Waals surface area contributed by atoms with Crippen LogP contribution in [0.3, 0.4) is 0 Å². The summed E-state index contributed by atoms with van der Waals surface area (Å²) in [6, 6.07) is 30.1. The molecule has 5 rings (SSSR count). The lowest BCUT2D eigenvalue weighted by Crippen LogP contribution is -2.23. The second-order valence-electron chi connectivity index (χ2n) is 11.2. The van der Waals surface area contributed by atoms with Crippen LogP contribution in [0.4, 0.5) is 0 Å². The Kier molecular flexibility index (Phi) is 9.22. The fourth-order valence-corrected chi connectivity index (χ4v) is 6.03. The van der Waals surface area contributed by atoms with Crippen LogP contribution >= 0.6 is 0 Å².